The molecule has 0 heterocycles. The number of rotatable bonds is 2. The van der Waals surface area contributed by atoms with Crippen molar-refractivity contribution < 1.29 is 13.0 Å². The van der Waals surface area contributed by atoms with Crippen LogP contribution in [-0.2, 0) is 11.0 Å². The molecule has 1 aromatic rings. The van der Waals surface area contributed by atoms with E-state index < -0.39 is 28.3 Å². The number of nitrogens with two attached hydrogens (primary N) is 1. The van der Waals surface area contributed by atoms with Crippen LogP contribution in [0.15, 0.2) is 12.1 Å². The Bertz CT molecular complexity index is 357. The zero-order chi connectivity index (χ0) is 10.0. The minimum Gasteiger partial charge on any atom is -0.394 e. The predicted octanol–water partition coefficient (Wildman–Crippen LogP) is 1.25. The van der Waals surface area contributed by atoms with Crippen LogP contribution in [0.2, 0.25) is 0 Å². The van der Waals surface area contributed by atoms with Gasteiger partial charge in [-0.1, -0.05) is 0 Å². The summed E-state index contributed by atoms with van der Waals surface area (Å²) in [6.45, 7) is 0. The van der Waals surface area contributed by atoms with E-state index in [0.717, 1.165) is 12.1 Å². The molecule has 0 spiro atoms. The molecule has 72 valence electrons. The second kappa shape index (κ2) is 3.69. The van der Waals surface area contributed by atoms with Gasteiger partial charge >= 0.3 is 0 Å². The monoisotopic (exact) mass is 206 g/mol. The number of halogens is 2. The molecule has 0 aliphatic carbocycles. The average Bonchev–Trinajstić information content (AvgIpc) is 2.06. The molecule has 0 saturated carbocycles. The predicted molar refractivity (Wildman–Crippen MR) is 48.5 cm³/mol. The lowest BCUT2D eigenvalue weighted by Gasteiger charge is -2.06. The summed E-state index contributed by atoms with van der Waals surface area (Å²) in [6.07, 6.45) is 1.33. The van der Waals surface area contributed by atoms with Crippen molar-refractivity contribution in [3.05, 3.63) is 23.8 Å². The Morgan fingerprint density at radius 3 is 2.62 bits per heavy atom. The number of nitrogen functional groups attached to an aromatic ring is 1. The van der Waals surface area contributed by atoms with Gasteiger partial charge < -0.3 is 10.5 Å². The molecule has 3 N–H and O–H groups in total. The maximum Gasteiger partial charge on any atom is 0.173 e. The van der Waals surface area contributed by atoms with E-state index in [1.807, 2.05) is 0 Å². The van der Waals surface area contributed by atoms with Gasteiger partial charge in [0.1, 0.15) is 22.5 Å². The molecule has 0 aliphatic rings. The number of benzene rings is 1. The van der Waals surface area contributed by atoms with Crippen LogP contribution in [0.4, 0.5) is 20.2 Å². The fourth-order valence-electron chi connectivity index (χ4n) is 0.803. The molecular weight excluding hydrogens is 198 g/mol. The largest absolute Gasteiger partial charge is 0.394 e. The Hall–Kier alpha value is -1.17. The SMILES string of the molecule is CS(=O)Nc1ccc(F)c(N)c1F. The summed E-state index contributed by atoms with van der Waals surface area (Å²) < 4.78 is 38.6. The molecule has 0 fully saturated rings. The summed E-state index contributed by atoms with van der Waals surface area (Å²) in [5.74, 6) is -1.75. The molecule has 0 radical (unpaired) electrons. The molecule has 6 heteroatoms. The molecular formula is C7H8F2N2OS. The van der Waals surface area contributed by atoms with Crippen molar-refractivity contribution in [2.75, 3.05) is 16.7 Å². The third-order valence-corrected chi connectivity index (χ3v) is 1.89. The van der Waals surface area contributed by atoms with Crippen molar-refractivity contribution in [1.82, 2.24) is 0 Å². The maximum atomic E-state index is 13.1. The van der Waals surface area contributed by atoms with Crippen LogP contribution in [-0.4, -0.2) is 10.5 Å². The van der Waals surface area contributed by atoms with Crippen LogP contribution in [0.1, 0.15) is 0 Å². The second-order valence-electron chi connectivity index (χ2n) is 2.38. The zero-order valence-electron chi connectivity index (χ0n) is 6.80. The first-order valence-corrected chi connectivity index (χ1v) is 4.91. The van der Waals surface area contributed by atoms with E-state index in [0.29, 0.717) is 0 Å². The van der Waals surface area contributed by atoms with Crippen molar-refractivity contribution in [3.8, 4) is 0 Å². The standard InChI is InChI=1S/C7H8F2N2OS/c1-13(12)11-5-3-2-4(8)7(10)6(5)9/h2-3,11H,10H2,1H3. The molecule has 1 rings (SSSR count). The van der Waals surface area contributed by atoms with Gasteiger partial charge in [-0.15, -0.1) is 0 Å². The van der Waals surface area contributed by atoms with E-state index >= 15 is 0 Å². The lowest BCUT2D eigenvalue weighted by Crippen LogP contribution is -2.06. The Balaban J connectivity index is 3.10. The molecule has 0 aromatic heterocycles. The molecule has 1 unspecified atom stereocenters. The lowest BCUT2D eigenvalue weighted by atomic mass is 10.2. The van der Waals surface area contributed by atoms with E-state index in [1.165, 1.54) is 6.26 Å². The number of hydrogen-bond donors (Lipinski definition) is 2. The summed E-state index contributed by atoms with van der Waals surface area (Å²) in [4.78, 5) is 0. The first kappa shape index (κ1) is 9.91. The topological polar surface area (TPSA) is 55.1 Å². The van der Waals surface area contributed by atoms with Gasteiger partial charge in [0.25, 0.3) is 0 Å². The van der Waals surface area contributed by atoms with Gasteiger partial charge in [-0.3, -0.25) is 0 Å². The van der Waals surface area contributed by atoms with Crippen molar-refractivity contribution in [2.24, 2.45) is 0 Å². The highest BCUT2D eigenvalue weighted by Gasteiger charge is 2.10. The summed E-state index contributed by atoms with van der Waals surface area (Å²) in [5.41, 5.74) is 4.43. The molecule has 1 atom stereocenters. The van der Waals surface area contributed by atoms with E-state index in [2.05, 4.69) is 4.72 Å². The van der Waals surface area contributed by atoms with Gasteiger partial charge in [0.15, 0.2) is 5.82 Å². The van der Waals surface area contributed by atoms with Gasteiger partial charge in [0, 0.05) is 6.26 Å². The van der Waals surface area contributed by atoms with Crippen molar-refractivity contribution >= 4 is 22.4 Å². The van der Waals surface area contributed by atoms with Gasteiger partial charge in [-0.05, 0) is 12.1 Å². The molecule has 0 bridgehead atoms. The molecule has 13 heavy (non-hydrogen) atoms. The number of anilines is 2. The van der Waals surface area contributed by atoms with Gasteiger partial charge in [0.2, 0.25) is 0 Å². The highest BCUT2D eigenvalue weighted by atomic mass is 32.2. The molecule has 0 saturated heterocycles. The van der Waals surface area contributed by atoms with E-state index in [-0.39, 0.29) is 5.69 Å². The summed E-state index contributed by atoms with van der Waals surface area (Å²) >= 11 is 0. The van der Waals surface area contributed by atoms with Crippen LogP contribution in [0.25, 0.3) is 0 Å². The molecule has 3 nitrogen and oxygen atoms in total. The molecule has 0 aliphatic heterocycles. The highest BCUT2D eigenvalue weighted by Crippen LogP contribution is 2.22. The third kappa shape index (κ3) is 2.15. The van der Waals surface area contributed by atoms with Crippen LogP contribution in [0, 0.1) is 11.6 Å². The Morgan fingerprint density at radius 2 is 2.08 bits per heavy atom. The van der Waals surface area contributed by atoms with Crippen LogP contribution >= 0.6 is 0 Å². The van der Waals surface area contributed by atoms with Crippen LogP contribution < -0.4 is 10.5 Å². The van der Waals surface area contributed by atoms with Crippen LogP contribution in [0.5, 0.6) is 0 Å². The fraction of sp³-hybridized carbons (Fsp3) is 0.143. The summed E-state index contributed by atoms with van der Waals surface area (Å²) in [7, 11) is -1.41. The first-order valence-electron chi connectivity index (χ1n) is 3.36. The van der Waals surface area contributed by atoms with Crippen molar-refractivity contribution in [3.63, 3.8) is 0 Å². The summed E-state index contributed by atoms with van der Waals surface area (Å²) in [6, 6.07) is 2.15. The van der Waals surface area contributed by atoms with E-state index in [1.54, 1.807) is 0 Å². The smallest absolute Gasteiger partial charge is 0.173 e. The Labute approximate surface area is 76.5 Å². The fourth-order valence-corrected chi connectivity index (χ4v) is 1.27. The second-order valence-corrected chi connectivity index (χ2v) is 3.49. The Kier molecular flexibility index (Phi) is 2.82. The van der Waals surface area contributed by atoms with E-state index in [4.69, 9.17) is 5.73 Å². The third-order valence-electron chi connectivity index (χ3n) is 1.38. The lowest BCUT2D eigenvalue weighted by molar-refractivity contribution is 0.594. The minimum absolute atomic E-state index is 0.0697. The normalized spacial score (nSPS) is 12.5. The molecule has 0 amide bonds. The van der Waals surface area contributed by atoms with Gasteiger partial charge in [-0.25, -0.2) is 13.0 Å². The van der Waals surface area contributed by atoms with Gasteiger partial charge in [-0.2, -0.15) is 0 Å². The summed E-state index contributed by atoms with van der Waals surface area (Å²) in [5, 5.41) is 0. The van der Waals surface area contributed by atoms with E-state index in [9.17, 15) is 13.0 Å². The van der Waals surface area contributed by atoms with Crippen molar-refractivity contribution in [2.45, 2.75) is 0 Å². The highest BCUT2D eigenvalue weighted by molar-refractivity contribution is 7.85. The zero-order valence-corrected chi connectivity index (χ0v) is 7.62. The number of hydrogen-bond acceptors (Lipinski definition) is 2. The van der Waals surface area contributed by atoms with Crippen molar-refractivity contribution in [1.29, 1.82) is 0 Å². The quantitative estimate of drug-likeness (QED) is 0.715. The number of nitrogens with one attached hydrogen (secondary N) is 1. The average molecular weight is 206 g/mol. The van der Waals surface area contributed by atoms with Gasteiger partial charge in [0.05, 0.1) is 5.69 Å². The maximum absolute atomic E-state index is 13.1. The first-order chi connectivity index (χ1) is 6.02. The molecule has 1 aromatic carbocycles. The Morgan fingerprint density at radius 1 is 1.46 bits per heavy atom. The minimum atomic E-state index is -1.41. The van der Waals surface area contributed by atoms with Crippen LogP contribution in [0.3, 0.4) is 0 Å².